The van der Waals surface area contributed by atoms with Crippen LogP contribution >= 0.6 is 0 Å². The largest absolute Gasteiger partial charge is 0.481 e. The van der Waals surface area contributed by atoms with Gasteiger partial charge in [-0.2, -0.15) is 0 Å². The van der Waals surface area contributed by atoms with Crippen molar-refractivity contribution in [3.8, 4) is 5.75 Å². The fraction of sp³-hybridized carbons (Fsp3) is 0.476. The van der Waals surface area contributed by atoms with Gasteiger partial charge in [0.2, 0.25) is 0 Å². The van der Waals surface area contributed by atoms with E-state index in [1.165, 1.54) is 0 Å². The number of esters is 2. The zero-order valence-corrected chi connectivity index (χ0v) is 17.5. The van der Waals surface area contributed by atoms with Gasteiger partial charge in [-0.3, -0.25) is 0 Å². The highest BCUT2D eigenvalue weighted by atomic mass is 16.6. The van der Waals surface area contributed by atoms with Crippen molar-refractivity contribution in [1.29, 1.82) is 0 Å². The summed E-state index contributed by atoms with van der Waals surface area (Å²) in [7, 11) is 0. The molecule has 0 saturated carbocycles. The molecular weight excluding hydrogens is 376 g/mol. The maximum Gasteiger partial charge on any atom is 0.344 e. The summed E-state index contributed by atoms with van der Waals surface area (Å²) in [5, 5.41) is 5.20. The number of hydrogen-bond acceptors (Lipinski definition) is 6. The first-order valence-electron chi connectivity index (χ1n) is 9.60. The Bertz CT molecular complexity index is 807. The molecule has 0 fully saturated rings. The molecule has 2 rings (SSSR count). The van der Waals surface area contributed by atoms with Crippen molar-refractivity contribution in [2.45, 2.75) is 47.1 Å². The Labute approximate surface area is 170 Å². The molecular formula is C21H28N2O6. The van der Waals surface area contributed by atoms with Crippen molar-refractivity contribution in [2.75, 3.05) is 19.8 Å². The minimum atomic E-state index is -0.610. The van der Waals surface area contributed by atoms with Gasteiger partial charge in [-0.1, -0.05) is 24.6 Å². The quantitative estimate of drug-likeness (QED) is 0.645. The van der Waals surface area contributed by atoms with E-state index in [2.05, 4.69) is 10.6 Å². The van der Waals surface area contributed by atoms with E-state index in [1.807, 2.05) is 39.8 Å². The minimum Gasteiger partial charge on any atom is -0.481 e. The van der Waals surface area contributed by atoms with Crippen molar-refractivity contribution in [1.82, 2.24) is 10.6 Å². The van der Waals surface area contributed by atoms with Gasteiger partial charge in [-0.15, -0.1) is 0 Å². The summed E-state index contributed by atoms with van der Waals surface area (Å²) in [5.74, 6) is -0.527. The lowest BCUT2D eigenvalue weighted by Crippen LogP contribution is -2.51. The molecule has 8 heteroatoms. The summed E-state index contributed by atoms with van der Waals surface area (Å²) in [5.41, 5.74) is 3.45. The molecule has 0 saturated heterocycles. The van der Waals surface area contributed by atoms with E-state index in [4.69, 9.17) is 14.2 Å². The van der Waals surface area contributed by atoms with E-state index in [0.717, 1.165) is 16.7 Å². The van der Waals surface area contributed by atoms with Crippen LogP contribution in [0.3, 0.4) is 0 Å². The summed E-state index contributed by atoms with van der Waals surface area (Å²) in [4.78, 5) is 36.3. The van der Waals surface area contributed by atoms with E-state index in [1.54, 1.807) is 6.92 Å². The van der Waals surface area contributed by atoms with Gasteiger partial charge in [0.1, 0.15) is 12.4 Å². The predicted octanol–water partition coefficient (Wildman–Crippen LogP) is 2.44. The number of aryl methyl sites for hydroxylation is 3. The molecule has 1 aromatic carbocycles. The smallest absolute Gasteiger partial charge is 0.344 e. The lowest BCUT2D eigenvalue weighted by atomic mass is 10.0. The number of amides is 2. The number of rotatable bonds is 8. The van der Waals surface area contributed by atoms with Gasteiger partial charge in [0.05, 0.1) is 23.9 Å². The second-order valence-corrected chi connectivity index (χ2v) is 6.85. The highest BCUT2D eigenvalue weighted by Crippen LogP contribution is 2.24. The number of carbonyl (C=O) groups is 3. The Kier molecular flexibility index (Phi) is 7.64. The Morgan fingerprint density at radius 2 is 1.72 bits per heavy atom. The molecule has 1 heterocycles. The number of ether oxygens (including phenoxy) is 3. The predicted molar refractivity (Wildman–Crippen MR) is 107 cm³/mol. The first-order chi connectivity index (χ1) is 13.8. The summed E-state index contributed by atoms with van der Waals surface area (Å²) >= 11 is 0. The van der Waals surface area contributed by atoms with Crippen LogP contribution in [-0.4, -0.2) is 43.8 Å². The van der Waals surface area contributed by atoms with Gasteiger partial charge in [0.15, 0.2) is 6.61 Å². The maximum absolute atomic E-state index is 12.3. The third-order valence-corrected chi connectivity index (χ3v) is 4.46. The summed E-state index contributed by atoms with van der Waals surface area (Å²) in [6, 6.07) is 2.97. The Morgan fingerprint density at radius 3 is 2.31 bits per heavy atom. The number of hydrogen-bond donors (Lipinski definition) is 2. The second-order valence-electron chi connectivity index (χ2n) is 6.85. The van der Waals surface area contributed by atoms with Crippen LogP contribution in [0.5, 0.6) is 5.75 Å². The van der Waals surface area contributed by atoms with Crippen LogP contribution < -0.4 is 15.4 Å². The molecule has 1 atom stereocenters. The molecule has 0 aromatic heterocycles. The van der Waals surface area contributed by atoms with Crippen molar-refractivity contribution >= 4 is 18.0 Å². The Morgan fingerprint density at radius 1 is 1.07 bits per heavy atom. The van der Waals surface area contributed by atoms with Crippen molar-refractivity contribution in [3.05, 3.63) is 40.1 Å². The lowest BCUT2D eigenvalue weighted by Gasteiger charge is -2.28. The van der Waals surface area contributed by atoms with Crippen LogP contribution in [0.2, 0.25) is 0 Å². The molecule has 0 bridgehead atoms. The lowest BCUT2D eigenvalue weighted by molar-refractivity contribution is -0.145. The monoisotopic (exact) mass is 404 g/mol. The normalized spacial score (nSPS) is 16.0. The molecule has 0 unspecified atom stereocenters. The Hall–Kier alpha value is -3.03. The molecule has 29 heavy (non-hydrogen) atoms. The Balaban J connectivity index is 2.06. The van der Waals surface area contributed by atoms with Crippen LogP contribution in [0.25, 0.3) is 0 Å². The zero-order chi connectivity index (χ0) is 21.6. The van der Waals surface area contributed by atoms with E-state index >= 15 is 0 Å². The minimum absolute atomic E-state index is 0.197. The van der Waals surface area contributed by atoms with E-state index in [0.29, 0.717) is 12.2 Å². The highest BCUT2D eigenvalue weighted by Gasteiger charge is 2.32. The highest BCUT2D eigenvalue weighted by molar-refractivity contribution is 5.94. The van der Waals surface area contributed by atoms with E-state index in [-0.39, 0.29) is 31.1 Å². The van der Waals surface area contributed by atoms with Gasteiger partial charge in [-0.25, -0.2) is 14.4 Å². The van der Waals surface area contributed by atoms with Crippen molar-refractivity contribution < 1.29 is 28.6 Å². The van der Waals surface area contributed by atoms with Gasteiger partial charge in [0.25, 0.3) is 0 Å². The molecule has 0 aliphatic carbocycles. The SMILES string of the molecule is CCOC(=O)C1=C(COC(=O)COc2c(C)cc(C)cc2C)NC(=O)N[C@@H]1CC. The zero-order valence-electron chi connectivity index (χ0n) is 17.5. The van der Waals surface area contributed by atoms with E-state index < -0.39 is 24.0 Å². The van der Waals surface area contributed by atoms with Crippen LogP contribution in [0.1, 0.15) is 37.0 Å². The van der Waals surface area contributed by atoms with Crippen molar-refractivity contribution in [3.63, 3.8) is 0 Å². The third-order valence-electron chi connectivity index (χ3n) is 4.46. The average Bonchev–Trinajstić information content (AvgIpc) is 2.64. The fourth-order valence-electron chi connectivity index (χ4n) is 3.30. The van der Waals surface area contributed by atoms with Crippen LogP contribution in [-0.2, 0) is 19.1 Å². The van der Waals surface area contributed by atoms with Gasteiger partial charge < -0.3 is 24.8 Å². The summed E-state index contributed by atoms with van der Waals surface area (Å²) in [6.07, 6.45) is 0.494. The second kappa shape index (κ2) is 9.95. The molecule has 1 aliphatic heterocycles. The van der Waals surface area contributed by atoms with E-state index in [9.17, 15) is 14.4 Å². The average molecular weight is 404 g/mol. The summed E-state index contributed by atoms with van der Waals surface area (Å²) < 4.78 is 15.9. The molecule has 2 amide bonds. The first-order valence-corrected chi connectivity index (χ1v) is 9.60. The standard InChI is InChI=1S/C21H28N2O6/c1-6-15-18(20(25)27-7-2)16(23-21(26)22-15)10-28-17(24)11-29-19-13(4)8-12(3)9-14(19)5/h8-9,15H,6-7,10-11H2,1-5H3,(H2,22,23,26)/t15-/m1/s1. The number of benzene rings is 1. The van der Waals surface area contributed by atoms with Gasteiger partial charge >= 0.3 is 18.0 Å². The molecule has 1 aliphatic rings. The molecule has 8 nitrogen and oxygen atoms in total. The first kappa shape index (κ1) is 22.3. The molecule has 0 radical (unpaired) electrons. The molecule has 2 N–H and O–H groups in total. The van der Waals surface area contributed by atoms with Gasteiger partial charge in [-0.05, 0) is 45.2 Å². The van der Waals surface area contributed by atoms with Crippen LogP contribution in [0.15, 0.2) is 23.4 Å². The van der Waals surface area contributed by atoms with Crippen LogP contribution in [0, 0.1) is 20.8 Å². The third kappa shape index (κ3) is 5.73. The number of urea groups is 1. The van der Waals surface area contributed by atoms with Gasteiger partial charge in [0, 0.05) is 0 Å². The molecule has 158 valence electrons. The molecule has 0 spiro atoms. The van der Waals surface area contributed by atoms with Crippen LogP contribution in [0.4, 0.5) is 4.79 Å². The fourth-order valence-corrected chi connectivity index (χ4v) is 3.30. The van der Waals surface area contributed by atoms with Crippen molar-refractivity contribution in [2.24, 2.45) is 0 Å². The summed E-state index contributed by atoms with van der Waals surface area (Å²) in [6.45, 7) is 8.99. The number of nitrogens with one attached hydrogen (secondary N) is 2. The topological polar surface area (TPSA) is 103 Å². The molecule has 1 aromatic rings. The number of carbonyl (C=O) groups excluding carboxylic acids is 3. The maximum atomic E-state index is 12.3.